The van der Waals surface area contributed by atoms with Crippen molar-refractivity contribution in [3.8, 4) is 5.88 Å². The van der Waals surface area contributed by atoms with Crippen LogP contribution in [0, 0.1) is 5.92 Å². The van der Waals surface area contributed by atoms with Crippen LogP contribution in [-0.4, -0.2) is 42.3 Å². The minimum atomic E-state index is -0.212. The van der Waals surface area contributed by atoms with Gasteiger partial charge in [-0.05, 0) is 26.0 Å². The van der Waals surface area contributed by atoms with Gasteiger partial charge in [0.15, 0.2) is 5.69 Å². The fraction of sp³-hybridized carbons (Fsp3) is 0.583. The third-order valence-electron chi connectivity index (χ3n) is 2.84. The van der Waals surface area contributed by atoms with Gasteiger partial charge in [-0.25, -0.2) is 0 Å². The molecule has 0 saturated carbocycles. The van der Waals surface area contributed by atoms with Crippen LogP contribution in [0.1, 0.15) is 23.8 Å². The molecule has 1 saturated heterocycles. The normalized spacial score (nSPS) is 18.6. The number of ether oxygens (including phenoxy) is 1. The first kappa shape index (κ1) is 12.8. The Labute approximate surface area is 106 Å². The molecule has 6 heteroatoms. The van der Waals surface area contributed by atoms with Crippen LogP contribution in [0.15, 0.2) is 12.1 Å². The van der Waals surface area contributed by atoms with Gasteiger partial charge in [0.25, 0.3) is 5.91 Å². The summed E-state index contributed by atoms with van der Waals surface area (Å²) in [5.41, 5.74) is 0.312. The maximum atomic E-state index is 11.5. The van der Waals surface area contributed by atoms with Crippen LogP contribution >= 0.6 is 0 Å². The summed E-state index contributed by atoms with van der Waals surface area (Å²) in [5.74, 6) is 0.793. The Kier molecular flexibility index (Phi) is 4.46. The molecule has 1 aromatic heterocycles. The fourth-order valence-corrected chi connectivity index (χ4v) is 1.83. The molecule has 6 nitrogen and oxygen atoms in total. The summed E-state index contributed by atoms with van der Waals surface area (Å²) in [6.45, 7) is 5.12. The molecule has 1 aliphatic heterocycles. The summed E-state index contributed by atoms with van der Waals surface area (Å²) in [7, 11) is 0. The molecule has 1 unspecified atom stereocenters. The van der Waals surface area contributed by atoms with Gasteiger partial charge in [0.2, 0.25) is 5.88 Å². The Hall–Kier alpha value is -1.69. The largest absolute Gasteiger partial charge is 0.476 e. The summed E-state index contributed by atoms with van der Waals surface area (Å²) < 4.78 is 5.54. The van der Waals surface area contributed by atoms with E-state index in [4.69, 9.17) is 4.74 Å². The SMILES string of the molecule is CCNC(=O)c1ccc(OCC2CCNC2)nn1. The monoisotopic (exact) mass is 250 g/mol. The van der Waals surface area contributed by atoms with E-state index >= 15 is 0 Å². The minimum absolute atomic E-state index is 0.212. The lowest BCUT2D eigenvalue weighted by atomic mass is 10.1. The van der Waals surface area contributed by atoms with Gasteiger partial charge in [0.05, 0.1) is 6.61 Å². The van der Waals surface area contributed by atoms with Crippen LogP contribution in [0.4, 0.5) is 0 Å². The summed E-state index contributed by atoms with van der Waals surface area (Å²) in [6.07, 6.45) is 1.13. The number of nitrogens with one attached hydrogen (secondary N) is 2. The van der Waals surface area contributed by atoms with Gasteiger partial charge in [0, 0.05) is 25.1 Å². The molecule has 2 rings (SSSR count). The minimum Gasteiger partial charge on any atom is -0.476 e. The van der Waals surface area contributed by atoms with Crippen molar-refractivity contribution >= 4 is 5.91 Å². The van der Waals surface area contributed by atoms with E-state index in [1.807, 2.05) is 6.92 Å². The highest BCUT2D eigenvalue weighted by Crippen LogP contribution is 2.11. The highest BCUT2D eigenvalue weighted by molar-refractivity contribution is 5.91. The summed E-state index contributed by atoms with van der Waals surface area (Å²) >= 11 is 0. The Bertz CT molecular complexity index is 388. The van der Waals surface area contributed by atoms with Crippen molar-refractivity contribution in [1.82, 2.24) is 20.8 Å². The maximum Gasteiger partial charge on any atom is 0.271 e. The van der Waals surface area contributed by atoms with Crippen LogP contribution in [0.5, 0.6) is 5.88 Å². The average molecular weight is 250 g/mol. The Morgan fingerprint density at radius 3 is 3.06 bits per heavy atom. The van der Waals surface area contributed by atoms with Crippen LogP contribution in [0.2, 0.25) is 0 Å². The van der Waals surface area contributed by atoms with Gasteiger partial charge >= 0.3 is 0 Å². The molecule has 0 aromatic carbocycles. The van der Waals surface area contributed by atoms with Crippen molar-refractivity contribution in [2.45, 2.75) is 13.3 Å². The second-order valence-corrected chi connectivity index (χ2v) is 4.29. The van der Waals surface area contributed by atoms with Crippen LogP contribution in [-0.2, 0) is 0 Å². The molecular weight excluding hydrogens is 232 g/mol. The lowest BCUT2D eigenvalue weighted by Crippen LogP contribution is -2.24. The van der Waals surface area contributed by atoms with Gasteiger partial charge in [0.1, 0.15) is 0 Å². The van der Waals surface area contributed by atoms with Crippen molar-refractivity contribution < 1.29 is 9.53 Å². The maximum absolute atomic E-state index is 11.5. The summed E-state index contributed by atoms with van der Waals surface area (Å²) in [6, 6.07) is 3.31. The van der Waals surface area contributed by atoms with Gasteiger partial charge in [-0.2, -0.15) is 0 Å². The van der Waals surface area contributed by atoms with E-state index in [1.54, 1.807) is 12.1 Å². The van der Waals surface area contributed by atoms with Gasteiger partial charge in [-0.1, -0.05) is 0 Å². The average Bonchev–Trinajstić information content (AvgIpc) is 2.90. The Morgan fingerprint density at radius 1 is 1.56 bits per heavy atom. The van der Waals surface area contributed by atoms with Crippen molar-refractivity contribution in [3.63, 3.8) is 0 Å². The van der Waals surface area contributed by atoms with Gasteiger partial charge in [-0.3, -0.25) is 4.79 Å². The molecule has 0 bridgehead atoms. The van der Waals surface area contributed by atoms with Crippen LogP contribution in [0.25, 0.3) is 0 Å². The predicted octanol–water partition coefficient (Wildman–Crippen LogP) is 0.215. The number of carbonyl (C=O) groups excluding carboxylic acids is 1. The van der Waals surface area contributed by atoms with E-state index in [-0.39, 0.29) is 5.91 Å². The molecule has 98 valence electrons. The molecular formula is C12H18N4O2. The fourth-order valence-electron chi connectivity index (χ4n) is 1.83. The number of nitrogens with zero attached hydrogens (tertiary/aromatic N) is 2. The number of amides is 1. The van der Waals surface area contributed by atoms with Crippen molar-refractivity contribution in [2.75, 3.05) is 26.2 Å². The topological polar surface area (TPSA) is 76.1 Å². The van der Waals surface area contributed by atoms with E-state index in [1.165, 1.54) is 0 Å². The van der Waals surface area contributed by atoms with E-state index in [2.05, 4.69) is 20.8 Å². The molecule has 1 aliphatic rings. The lowest BCUT2D eigenvalue weighted by molar-refractivity contribution is 0.0949. The highest BCUT2D eigenvalue weighted by atomic mass is 16.5. The van der Waals surface area contributed by atoms with E-state index in [0.717, 1.165) is 19.5 Å². The molecule has 1 aromatic rings. The van der Waals surface area contributed by atoms with E-state index in [0.29, 0.717) is 30.6 Å². The van der Waals surface area contributed by atoms with Gasteiger partial charge < -0.3 is 15.4 Å². The first-order valence-electron chi connectivity index (χ1n) is 6.25. The summed E-state index contributed by atoms with van der Waals surface area (Å²) in [5, 5.41) is 13.7. The quantitative estimate of drug-likeness (QED) is 0.781. The smallest absolute Gasteiger partial charge is 0.271 e. The van der Waals surface area contributed by atoms with Crippen LogP contribution < -0.4 is 15.4 Å². The van der Waals surface area contributed by atoms with Gasteiger partial charge in [-0.15, -0.1) is 10.2 Å². The van der Waals surface area contributed by atoms with Crippen molar-refractivity contribution in [1.29, 1.82) is 0 Å². The van der Waals surface area contributed by atoms with Crippen molar-refractivity contribution in [2.24, 2.45) is 5.92 Å². The zero-order chi connectivity index (χ0) is 12.8. The number of hydrogen-bond donors (Lipinski definition) is 2. The molecule has 1 amide bonds. The molecule has 2 N–H and O–H groups in total. The first-order chi connectivity index (χ1) is 8.79. The molecule has 0 radical (unpaired) electrons. The Morgan fingerprint density at radius 2 is 2.44 bits per heavy atom. The molecule has 2 heterocycles. The number of aromatic nitrogens is 2. The number of rotatable bonds is 5. The molecule has 1 fully saturated rings. The highest BCUT2D eigenvalue weighted by Gasteiger charge is 2.15. The lowest BCUT2D eigenvalue weighted by Gasteiger charge is -2.09. The third kappa shape index (κ3) is 3.40. The second kappa shape index (κ2) is 6.30. The standard InChI is InChI=1S/C12H18N4O2/c1-2-14-12(17)10-3-4-11(16-15-10)18-8-9-5-6-13-7-9/h3-4,9,13H,2,5-8H2,1H3,(H,14,17). The molecule has 0 spiro atoms. The number of carbonyl (C=O) groups is 1. The predicted molar refractivity (Wildman–Crippen MR) is 66.5 cm³/mol. The second-order valence-electron chi connectivity index (χ2n) is 4.29. The van der Waals surface area contributed by atoms with Crippen molar-refractivity contribution in [3.05, 3.63) is 17.8 Å². The zero-order valence-corrected chi connectivity index (χ0v) is 10.5. The Balaban J connectivity index is 1.85. The van der Waals surface area contributed by atoms with Crippen LogP contribution in [0.3, 0.4) is 0 Å². The molecule has 18 heavy (non-hydrogen) atoms. The molecule has 1 atom stereocenters. The molecule has 0 aliphatic carbocycles. The number of hydrogen-bond acceptors (Lipinski definition) is 5. The first-order valence-corrected chi connectivity index (χ1v) is 6.25. The van der Waals surface area contributed by atoms with E-state index in [9.17, 15) is 4.79 Å². The zero-order valence-electron chi connectivity index (χ0n) is 10.5. The van der Waals surface area contributed by atoms with E-state index < -0.39 is 0 Å². The summed E-state index contributed by atoms with van der Waals surface area (Å²) in [4.78, 5) is 11.5. The third-order valence-corrected chi connectivity index (χ3v) is 2.84.